The molecule has 0 radical (unpaired) electrons. The lowest BCUT2D eigenvalue weighted by Gasteiger charge is -2.11. The van der Waals surface area contributed by atoms with Crippen LogP contribution in [0.25, 0.3) is 0 Å². The van der Waals surface area contributed by atoms with E-state index in [0.29, 0.717) is 12.2 Å². The fourth-order valence-electron chi connectivity index (χ4n) is 1.49. The van der Waals surface area contributed by atoms with Crippen molar-refractivity contribution in [2.24, 2.45) is 0 Å². The van der Waals surface area contributed by atoms with Crippen molar-refractivity contribution >= 4 is 17.6 Å². The van der Waals surface area contributed by atoms with Crippen LogP contribution in [-0.4, -0.2) is 15.6 Å². The molecule has 1 aromatic heterocycles. The van der Waals surface area contributed by atoms with E-state index in [1.807, 2.05) is 6.92 Å². The Labute approximate surface area is 92.1 Å². The maximum absolute atomic E-state index is 11.5. The van der Waals surface area contributed by atoms with Crippen molar-refractivity contribution in [3.63, 3.8) is 0 Å². The summed E-state index contributed by atoms with van der Waals surface area (Å²) in [5.74, 6) is -1.11. The highest BCUT2D eigenvalue weighted by atomic mass is 35.5. The van der Waals surface area contributed by atoms with Gasteiger partial charge >= 0.3 is 5.97 Å². The molecule has 0 atom stereocenters. The van der Waals surface area contributed by atoms with Crippen molar-refractivity contribution in [1.29, 1.82) is 0 Å². The summed E-state index contributed by atoms with van der Waals surface area (Å²) in [4.78, 5) is 22.4. The van der Waals surface area contributed by atoms with Gasteiger partial charge in [0.05, 0.1) is 10.6 Å². The SMILES string of the molecule is CCCn1c(C)c(C(=O)O)c(Cl)cc1=O. The van der Waals surface area contributed by atoms with Crippen molar-refractivity contribution in [3.8, 4) is 0 Å². The van der Waals surface area contributed by atoms with Gasteiger partial charge in [0.2, 0.25) is 0 Å². The molecule has 15 heavy (non-hydrogen) atoms. The van der Waals surface area contributed by atoms with Crippen LogP contribution in [-0.2, 0) is 6.54 Å². The third-order valence-corrected chi connectivity index (χ3v) is 2.48. The van der Waals surface area contributed by atoms with Gasteiger partial charge < -0.3 is 9.67 Å². The molecule has 0 fully saturated rings. The van der Waals surface area contributed by atoms with Crippen LogP contribution in [0.15, 0.2) is 10.9 Å². The van der Waals surface area contributed by atoms with Crippen LogP contribution in [0.1, 0.15) is 29.4 Å². The highest BCUT2D eigenvalue weighted by molar-refractivity contribution is 6.33. The Morgan fingerprint density at radius 2 is 2.20 bits per heavy atom. The zero-order valence-corrected chi connectivity index (χ0v) is 9.34. The average molecular weight is 230 g/mol. The molecule has 0 amide bonds. The summed E-state index contributed by atoms with van der Waals surface area (Å²) < 4.78 is 1.43. The van der Waals surface area contributed by atoms with Gasteiger partial charge in [-0.05, 0) is 13.3 Å². The van der Waals surface area contributed by atoms with E-state index in [1.165, 1.54) is 4.57 Å². The molecule has 1 rings (SSSR count). The van der Waals surface area contributed by atoms with E-state index in [9.17, 15) is 9.59 Å². The summed E-state index contributed by atoms with van der Waals surface area (Å²) in [5.41, 5.74) is 0.149. The lowest BCUT2D eigenvalue weighted by Crippen LogP contribution is -2.24. The Balaban J connectivity index is 3.49. The Hall–Kier alpha value is -1.29. The van der Waals surface area contributed by atoms with Crippen molar-refractivity contribution in [2.45, 2.75) is 26.8 Å². The Kier molecular flexibility index (Phi) is 3.52. The first-order valence-electron chi connectivity index (χ1n) is 4.62. The van der Waals surface area contributed by atoms with Crippen LogP contribution in [0.3, 0.4) is 0 Å². The molecule has 1 heterocycles. The minimum atomic E-state index is -1.11. The fraction of sp³-hybridized carbons (Fsp3) is 0.400. The zero-order valence-electron chi connectivity index (χ0n) is 8.58. The Bertz CT molecular complexity index is 451. The first kappa shape index (κ1) is 11.8. The maximum Gasteiger partial charge on any atom is 0.339 e. The molecule has 4 nitrogen and oxygen atoms in total. The molecule has 0 aliphatic heterocycles. The number of carboxylic acid groups (broad SMARTS) is 1. The van der Waals surface area contributed by atoms with Crippen molar-refractivity contribution < 1.29 is 9.90 Å². The highest BCUT2D eigenvalue weighted by Crippen LogP contribution is 2.17. The second-order valence-corrected chi connectivity index (χ2v) is 3.65. The number of rotatable bonds is 3. The van der Waals surface area contributed by atoms with Gasteiger partial charge in [-0.3, -0.25) is 4.79 Å². The van der Waals surface area contributed by atoms with E-state index in [1.54, 1.807) is 6.92 Å². The summed E-state index contributed by atoms with van der Waals surface area (Å²) >= 11 is 5.71. The van der Waals surface area contributed by atoms with E-state index in [-0.39, 0.29) is 16.1 Å². The number of aromatic nitrogens is 1. The van der Waals surface area contributed by atoms with Crippen molar-refractivity contribution in [1.82, 2.24) is 4.57 Å². The number of carboxylic acids is 1. The van der Waals surface area contributed by atoms with E-state index >= 15 is 0 Å². The molecule has 82 valence electrons. The van der Waals surface area contributed by atoms with Gasteiger partial charge in [0.15, 0.2) is 0 Å². The highest BCUT2D eigenvalue weighted by Gasteiger charge is 2.16. The Morgan fingerprint density at radius 1 is 1.60 bits per heavy atom. The monoisotopic (exact) mass is 229 g/mol. The molecule has 5 heteroatoms. The van der Waals surface area contributed by atoms with E-state index in [0.717, 1.165) is 12.5 Å². The number of hydrogen-bond acceptors (Lipinski definition) is 2. The first-order valence-corrected chi connectivity index (χ1v) is 5.00. The van der Waals surface area contributed by atoms with Gasteiger partial charge in [-0.2, -0.15) is 0 Å². The van der Waals surface area contributed by atoms with E-state index in [2.05, 4.69) is 0 Å². The molecule has 0 saturated heterocycles. The molecule has 0 unspecified atom stereocenters. The van der Waals surface area contributed by atoms with Crippen LogP contribution >= 0.6 is 11.6 Å². The lowest BCUT2D eigenvalue weighted by molar-refractivity contribution is 0.0695. The maximum atomic E-state index is 11.5. The zero-order chi connectivity index (χ0) is 11.6. The molecule has 1 N–H and O–H groups in total. The quantitative estimate of drug-likeness (QED) is 0.862. The minimum Gasteiger partial charge on any atom is -0.478 e. The molecule has 0 bridgehead atoms. The summed E-state index contributed by atoms with van der Waals surface area (Å²) in [6, 6.07) is 1.15. The fourth-order valence-corrected chi connectivity index (χ4v) is 1.80. The number of carbonyl (C=O) groups is 1. The number of pyridine rings is 1. The molecular weight excluding hydrogens is 218 g/mol. The predicted molar refractivity (Wildman–Crippen MR) is 57.7 cm³/mol. The smallest absolute Gasteiger partial charge is 0.339 e. The largest absolute Gasteiger partial charge is 0.478 e. The topological polar surface area (TPSA) is 59.3 Å². The van der Waals surface area contributed by atoms with E-state index < -0.39 is 5.97 Å². The van der Waals surface area contributed by atoms with Crippen molar-refractivity contribution in [2.75, 3.05) is 0 Å². The number of nitrogens with zero attached hydrogens (tertiary/aromatic N) is 1. The average Bonchev–Trinajstić information content (AvgIpc) is 2.11. The standard InChI is InChI=1S/C10H12ClNO3/c1-3-4-12-6(2)9(10(14)15)7(11)5-8(12)13/h5H,3-4H2,1-2H3,(H,14,15). The first-order chi connectivity index (χ1) is 6.99. The van der Waals surface area contributed by atoms with E-state index in [4.69, 9.17) is 16.7 Å². The summed E-state index contributed by atoms with van der Waals surface area (Å²) in [7, 11) is 0. The van der Waals surface area contributed by atoms with Crippen molar-refractivity contribution in [3.05, 3.63) is 32.7 Å². The lowest BCUT2D eigenvalue weighted by atomic mass is 10.2. The second-order valence-electron chi connectivity index (χ2n) is 3.25. The minimum absolute atomic E-state index is 0.00245. The summed E-state index contributed by atoms with van der Waals surface area (Å²) in [5, 5.41) is 8.93. The Morgan fingerprint density at radius 3 is 2.67 bits per heavy atom. The van der Waals surface area contributed by atoms with Gasteiger partial charge in [0.1, 0.15) is 0 Å². The number of hydrogen-bond donors (Lipinski definition) is 1. The van der Waals surface area contributed by atoms with Crippen LogP contribution in [0.4, 0.5) is 0 Å². The molecule has 1 aromatic rings. The molecule has 0 aliphatic rings. The number of aromatic carboxylic acids is 1. The molecule has 0 spiro atoms. The third-order valence-electron chi connectivity index (χ3n) is 2.18. The molecule has 0 saturated carbocycles. The normalized spacial score (nSPS) is 10.3. The second kappa shape index (κ2) is 4.49. The van der Waals surface area contributed by atoms with Crippen LogP contribution in [0.2, 0.25) is 5.02 Å². The molecular formula is C10H12ClNO3. The van der Waals surface area contributed by atoms with Gasteiger partial charge in [-0.1, -0.05) is 18.5 Å². The molecule has 0 aliphatic carbocycles. The summed E-state index contributed by atoms with van der Waals surface area (Å²) in [6.45, 7) is 4.01. The predicted octanol–water partition coefficient (Wildman–Crippen LogP) is 1.92. The van der Waals surface area contributed by atoms with Gasteiger partial charge in [-0.15, -0.1) is 0 Å². The van der Waals surface area contributed by atoms with Crippen LogP contribution in [0.5, 0.6) is 0 Å². The van der Waals surface area contributed by atoms with Gasteiger partial charge in [-0.25, -0.2) is 4.79 Å². The number of halogens is 1. The third kappa shape index (κ3) is 2.21. The van der Waals surface area contributed by atoms with Crippen LogP contribution in [0, 0.1) is 6.92 Å². The van der Waals surface area contributed by atoms with Gasteiger partial charge in [0.25, 0.3) is 5.56 Å². The van der Waals surface area contributed by atoms with Gasteiger partial charge in [0, 0.05) is 18.3 Å². The summed E-state index contributed by atoms with van der Waals surface area (Å²) in [6.07, 6.45) is 0.765. The molecule has 0 aromatic carbocycles. The van der Waals surface area contributed by atoms with Crippen LogP contribution < -0.4 is 5.56 Å².